The zero-order valence-electron chi connectivity index (χ0n) is 15.3. The fourth-order valence-electron chi connectivity index (χ4n) is 3.55. The van der Waals surface area contributed by atoms with Gasteiger partial charge in [-0.25, -0.2) is 4.98 Å². The molecule has 0 unspecified atom stereocenters. The highest BCUT2D eigenvalue weighted by Gasteiger charge is 2.27. The third kappa shape index (κ3) is 3.63. The number of anilines is 2. The predicted molar refractivity (Wildman–Crippen MR) is 102 cm³/mol. The Morgan fingerprint density at radius 1 is 1.38 bits per heavy atom. The minimum absolute atomic E-state index is 0.479. The van der Waals surface area contributed by atoms with Crippen molar-refractivity contribution in [2.75, 3.05) is 23.3 Å². The fraction of sp³-hybridized carbons (Fsp3) is 0.600. The molecular formula is C20H30N4. The molecule has 3 rings (SSSR count). The van der Waals surface area contributed by atoms with Crippen molar-refractivity contribution in [2.45, 2.75) is 65.2 Å². The number of hydrogen-bond acceptors (Lipinski definition) is 4. The van der Waals surface area contributed by atoms with Crippen LogP contribution in [0.3, 0.4) is 0 Å². The molecule has 4 nitrogen and oxygen atoms in total. The summed E-state index contributed by atoms with van der Waals surface area (Å²) in [5, 5.41) is 11.1. The van der Waals surface area contributed by atoms with E-state index in [-0.39, 0.29) is 0 Å². The number of hydrogen-bond donors (Lipinski definition) is 2. The molecule has 1 aromatic rings. The molecule has 1 aliphatic heterocycles. The van der Waals surface area contributed by atoms with Crippen LogP contribution in [0.2, 0.25) is 0 Å². The SMILES string of the molecule is Cc1cc(C(C)C)c2c(n1)N(C(CCC=N)=C1CC1)CCCCN2. The average Bonchev–Trinajstić information content (AvgIpc) is 3.35. The Morgan fingerprint density at radius 2 is 2.17 bits per heavy atom. The van der Waals surface area contributed by atoms with E-state index in [4.69, 9.17) is 10.4 Å². The molecule has 130 valence electrons. The maximum Gasteiger partial charge on any atom is 0.156 e. The zero-order chi connectivity index (χ0) is 17.1. The molecule has 2 N–H and O–H groups in total. The zero-order valence-corrected chi connectivity index (χ0v) is 15.3. The minimum Gasteiger partial charge on any atom is -0.382 e. The molecule has 0 amide bonds. The van der Waals surface area contributed by atoms with Crippen LogP contribution in [0.5, 0.6) is 0 Å². The molecule has 24 heavy (non-hydrogen) atoms. The van der Waals surface area contributed by atoms with Crippen LogP contribution in [0.1, 0.15) is 69.5 Å². The van der Waals surface area contributed by atoms with Gasteiger partial charge in [0.05, 0.1) is 5.69 Å². The summed E-state index contributed by atoms with van der Waals surface area (Å²) in [4.78, 5) is 7.42. The third-order valence-electron chi connectivity index (χ3n) is 4.91. The van der Waals surface area contributed by atoms with Crippen molar-refractivity contribution in [3.63, 3.8) is 0 Å². The lowest BCUT2D eigenvalue weighted by molar-refractivity contribution is 0.705. The molecule has 0 radical (unpaired) electrons. The van der Waals surface area contributed by atoms with E-state index in [1.54, 1.807) is 5.57 Å². The Hall–Kier alpha value is -1.84. The Bertz CT molecular complexity index is 639. The normalized spacial score (nSPS) is 17.0. The number of aryl methyl sites for hydroxylation is 1. The second-order valence-electron chi connectivity index (χ2n) is 7.28. The van der Waals surface area contributed by atoms with Gasteiger partial charge in [-0.2, -0.15) is 0 Å². The van der Waals surface area contributed by atoms with E-state index >= 15 is 0 Å². The van der Waals surface area contributed by atoms with Gasteiger partial charge in [0.2, 0.25) is 0 Å². The van der Waals surface area contributed by atoms with E-state index in [0.29, 0.717) is 5.92 Å². The summed E-state index contributed by atoms with van der Waals surface area (Å²) in [5.74, 6) is 1.59. The standard InChI is InChI=1S/C20H30N4/c1-14(2)17-13-15(3)23-20-19(17)22-11-4-5-12-24(20)18(7-6-10-21)16-8-9-16/h10,13-14,21-22H,4-9,11-12H2,1-3H3. The van der Waals surface area contributed by atoms with E-state index in [1.165, 1.54) is 48.8 Å². The molecular weight excluding hydrogens is 296 g/mol. The number of nitrogens with zero attached hydrogens (tertiary/aromatic N) is 2. The van der Waals surface area contributed by atoms with Gasteiger partial charge in [0.15, 0.2) is 5.82 Å². The van der Waals surface area contributed by atoms with E-state index in [2.05, 4.69) is 37.1 Å². The van der Waals surface area contributed by atoms with Crippen LogP contribution < -0.4 is 10.2 Å². The summed E-state index contributed by atoms with van der Waals surface area (Å²) in [6, 6.07) is 2.23. The van der Waals surface area contributed by atoms with Gasteiger partial charge in [-0.15, -0.1) is 0 Å². The van der Waals surface area contributed by atoms with Gasteiger partial charge in [0.1, 0.15) is 0 Å². The second-order valence-corrected chi connectivity index (χ2v) is 7.28. The van der Waals surface area contributed by atoms with Gasteiger partial charge in [0.25, 0.3) is 0 Å². The first kappa shape index (κ1) is 17.0. The monoisotopic (exact) mass is 326 g/mol. The van der Waals surface area contributed by atoms with Crippen LogP contribution in [-0.2, 0) is 0 Å². The first-order valence-corrected chi connectivity index (χ1v) is 9.34. The van der Waals surface area contributed by atoms with E-state index in [9.17, 15) is 0 Å². The summed E-state index contributed by atoms with van der Waals surface area (Å²) in [6.45, 7) is 8.69. The lowest BCUT2D eigenvalue weighted by Gasteiger charge is -2.32. The number of pyridine rings is 1. The molecule has 0 spiro atoms. The van der Waals surface area contributed by atoms with Crippen LogP contribution in [0.4, 0.5) is 11.5 Å². The van der Waals surface area contributed by atoms with Gasteiger partial charge in [-0.1, -0.05) is 19.4 Å². The summed E-state index contributed by atoms with van der Waals surface area (Å²) in [6.07, 6.45) is 8.13. The molecule has 0 saturated heterocycles. The summed E-state index contributed by atoms with van der Waals surface area (Å²) >= 11 is 0. The molecule has 0 aromatic carbocycles. The van der Waals surface area contributed by atoms with Crippen LogP contribution in [-0.4, -0.2) is 24.3 Å². The molecule has 4 heteroatoms. The van der Waals surface area contributed by atoms with Crippen LogP contribution >= 0.6 is 0 Å². The molecule has 2 aliphatic rings. The largest absolute Gasteiger partial charge is 0.382 e. The molecule has 1 aromatic heterocycles. The van der Waals surface area contributed by atoms with Gasteiger partial charge in [-0.3, -0.25) is 0 Å². The molecule has 0 atom stereocenters. The Morgan fingerprint density at radius 3 is 2.83 bits per heavy atom. The average molecular weight is 326 g/mol. The minimum atomic E-state index is 0.479. The number of allylic oxidation sites excluding steroid dienone is 2. The maximum atomic E-state index is 7.42. The second kappa shape index (κ2) is 7.37. The number of nitrogens with one attached hydrogen (secondary N) is 2. The van der Waals surface area contributed by atoms with Crippen LogP contribution in [0.25, 0.3) is 0 Å². The molecule has 1 aliphatic carbocycles. The van der Waals surface area contributed by atoms with Gasteiger partial charge in [0, 0.05) is 24.5 Å². The van der Waals surface area contributed by atoms with Crippen molar-refractivity contribution in [2.24, 2.45) is 0 Å². The molecule has 2 heterocycles. The van der Waals surface area contributed by atoms with Gasteiger partial charge >= 0.3 is 0 Å². The number of aromatic nitrogens is 1. The van der Waals surface area contributed by atoms with E-state index in [1.807, 2.05) is 0 Å². The lowest BCUT2D eigenvalue weighted by Crippen LogP contribution is -2.29. The molecule has 1 saturated carbocycles. The Kier molecular flexibility index (Phi) is 5.22. The van der Waals surface area contributed by atoms with Crippen LogP contribution in [0.15, 0.2) is 17.3 Å². The van der Waals surface area contributed by atoms with E-state index < -0.39 is 0 Å². The summed E-state index contributed by atoms with van der Waals surface area (Å²) in [5.41, 5.74) is 6.69. The lowest BCUT2D eigenvalue weighted by atomic mass is 9.99. The predicted octanol–water partition coefficient (Wildman–Crippen LogP) is 5.00. The number of fused-ring (bicyclic) bond motifs is 1. The molecule has 1 fully saturated rings. The van der Waals surface area contributed by atoms with Gasteiger partial charge in [-0.05, 0) is 69.2 Å². The summed E-state index contributed by atoms with van der Waals surface area (Å²) in [7, 11) is 0. The topological polar surface area (TPSA) is 52.0 Å². The Labute approximate surface area is 145 Å². The third-order valence-corrected chi connectivity index (χ3v) is 4.91. The van der Waals surface area contributed by atoms with Gasteiger partial charge < -0.3 is 15.6 Å². The Balaban J connectivity index is 2.08. The number of rotatable bonds is 5. The first-order chi connectivity index (χ1) is 11.6. The quantitative estimate of drug-likeness (QED) is 0.748. The fourth-order valence-corrected chi connectivity index (χ4v) is 3.55. The van der Waals surface area contributed by atoms with Crippen molar-refractivity contribution in [1.29, 1.82) is 5.41 Å². The van der Waals surface area contributed by atoms with Crippen molar-refractivity contribution in [1.82, 2.24) is 4.98 Å². The summed E-state index contributed by atoms with van der Waals surface area (Å²) < 4.78 is 0. The van der Waals surface area contributed by atoms with Crippen LogP contribution in [0, 0.1) is 12.3 Å². The van der Waals surface area contributed by atoms with Crippen molar-refractivity contribution in [3.8, 4) is 0 Å². The van der Waals surface area contributed by atoms with Crippen molar-refractivity contribution < 1.29 is 0 Å². The first-order valence-electron chi connectivity index (χ1n) is 9.34. The highest BCUT2D eigenvalue weighted by molar-refractivity contribution is 5.74. The maximum absolute atomic E-state index is 7.42. The highest BCUT2D eigenvalue weighted by Crippen LogP contribution is 2.41. The van der Waals surface area contributed by atoms with E-state index in [0.717, 1.165) is 37.4 Å². The highest BCUT2D eigenvalue weighted by atomic mass is 15.2. The van der Waals surface area contributed by atoms with Crippen molar-refractivity contribution in [3.05, 3.63) is 28.6 Å². The molecule has 0 bridgehead atoms. The smallest absolute Gasteiger partial charge is 0.156 e. The van der Waals surface area contributed by atoms with Crippen molar-refractivity contribution >= 4 is 17.7 Å².